The number of fused-ring (bicyclic) bond motifs is 2. The highest BCUT2D eigenvalue weighted by Gasteiger charge is 2.26. The standard InChI is InChI=1S/C27H27N5O4S/c1-16(2)24(29-26(34)19-9-11-21-22(13-19)36-15-35-21)25-30-31-27(32(25)3)37-14-23(33)28-20-10-8-17-6-4-5-7-18(17)12-20/h4-13,16,24H,14-15H2,1-3H3,(H,28,33)(H,29,34). The van der Waals surface area contributed by atoms with Gasteiger partial charge in [0.05, 0.1) is 11.8 Å². The molecule has 1 aliphatic heterocycles. The molecule has 1 aromatic heterocycles. The van der Waals surface area contributed by atoms with Gasteiger partial charge in [-0.05, 0) is 47.0 Å². The molecule has 10 heteroatoms. The average Bonchev–Trinajstić information content (AvgIpc) is 3.51. The van der Waals surface area contributed by atoms with Crippen molar-refractivity contribution in [1.82, 2.24) is 20.1 Å². The highest BCUT2D eigenvalue weighted by atomic mass is 32.2. The quantitative estimate of drug-likeness (QED) is 0.330. The van der Waals surface area contributed by atoms with E-state index in [0.717, 1.165) is 16.5 Å². The van der Waals surface area contributed by atoms with Crippen molar-refractivity contribution in [1.29, 1.82) is 0 Å². The van der Waals surface area contributed by atoms with E-state index in [2.05, 4.69) is 20.8 Å². The van der Waals surface area contributed by atoms with Gasteiger partial charge in [0.1, 0.15) is 0 Å². The Morgan fingerprint density at radius 2 is 1.78 bits per heavy atom. The molecule has 37 heavy (non-hydrogen) atoms. The molecule has 0 spiro atoms. The fourth-order valence-corrected chi connectivity index (χ4v) is 4.83. The van der Waals surface area contributed by atoms with Crippen molar-refractivity contribution in [3.63, 3.8) is 0 Å². The number of hydrogen-bond donors (Lipinski definition) is 2. The number of thioether (sulfide) groups is 1. The van der Waals surface area contributed by atoms with Crippen LogP contribution in [-0.4, -0.2) is 39.1 Å². The Labute approximate surface area is 218 Å². The highest BCUT2D eigenvalue weighted by Crippen LogP contribution is 2.33. The first-order valence-corrected chi connectivity index (χ1v) is 12.9. The molecular formula is C27H27N5O4S. The predicted octanol–water partition coefficient (Wildman–Crippen LogP) is 4.55. The minimum absolute atomic E-state index is 0.0508. The second kappa shape index (κ2) is 10.5. The summed E-state index contributed by atoms with van der Waals surface area (Å²) >= 11 is 1.29. The van der Waals surface area contributed by atoms with Crippen LogP contribution < -0.4 is 20.1 Å². The molecule has 0 radical (unpaired) electrons. The number of rotatable bonds is 8. The van der Waals surface area contributed by atoms with Gasteiger partial charge >= 0.3 is 0 Å². The van der Waals surface area contributed by atoms with Gasteiger partial charge in [-0.3, -0.25) is 9.59 Å². The van der Waals surface area contributed by atoms with Crippen molar-refractivity contribution >= 4 is 40.0 Å². The Balaban J connectivity index is 1.23. The van der Waals surface area contributed by atoms with E-state index >= 15 is 0 Å². The molecule has 2 N–H and O–H groups in total. The molecule has 3 aromatic carbocycles. The van der Waals surface area contributed by atoms with E-state index in [4.69, 9.17) is 9.47 Å². The molecule has 4 aromatic rings. The van der Waals surface area contributed by atoms with E-state index in [1.165, 1.54) is 11.8 Å². The third-order valence-electron chi connectivity index (χ3n) is 6.10. The van der Waals surface area contributed by atoms with E-state index < -0.39 is 0 Å². The minimum atomic E-state index is -0.379. The lowest BCUT2D eigenvalue weighted by Crippen LogP contribution is -2.33. The highest BCUT2D eigenvalue weighted by molar-refractivity contribution is 7.99. The van der Waals surface area contributed by atoms with Crippen LogP contribution >= 0.6 is 11.8 Å². The first-order chi connectivity index (χ1) is 17.9. The third kappa shape index (κ3) is 5.39. The monoisotopic (exact) mass is 517 g/mol. The van der Waals surface area contributed by atoms with E-state index in [9.17, 15) is 9.59 Å². The second-order valence-corrected chi connectivity index (χ2v) is 10.0. The van der Waals surface area contributed by atoms with E-state index in [-0.39, 0.29) is 36.3 Å². The smallest absolute Gasteiger partial charge is 0.252 e. The summed E-state index contributed by atoms with van der Waals surface area (Å²) in [5.74, 6) is 1.63. The van der Waals surface area contributed by atoms with Crippen LogP contribution in [0.15, 0.2) is 65.8 Å². The molecule has 0 saturated carbocycles. The molecular weight excluding hydrogens is 490 g/mol. The third-order valence-corrected chi connectivity index (χ3v) is 7.12. The fraction of sp³-hybridized carbons (Fsp3) is 0.259. The van der Waals surface area contributed by atoms with Gasteiger partial charge in [-0.2, -0.15) is 0 Å². The molecule has 5 rings (SSSR count). The summed E-state index contributed by atoms with van der Waals surface area (Å²) in [6.07, 6.45) is 0. The Morgan fingerprint density at radius 1 is 1.00 bits per heavy atom. The number of benzene rings is 3. The maximum absolute atomic E-state index is 13.0. The number of carbonyl (C=O) groups excluding carboxylic acids is 2. The molecule has 190 valence electrons. The number of nitrogens with one attached hydrogen (secondary N) is 2. The first-order valence-electron chi connectivity index (χ1n) is 11.9. The van der Waals surface area contributed by atoms with Crippen LogP contribution in [-0.2, 0) is 11.8 Å². The predicted molar refractivity (Wildman–Crippen MR) is 142 cm³/mol. The maximum Gasteiger partial charge on any atom is 0.252 e. The Hall–Kier alpha value is -4.05. The number of anilines is 1. The van der Waals surface area contributed by atoms with Gasteiger partial charge in [0.15, 0.2) is 22.5 Å². The number of nitrogens with zero attached hydrogens (tertiary/aromatic N) is 3. The lowest BCUT2D eigenvalue weighted by atomic mass is 10.0. The molecule has 1 unspecified atom stereocenters. The summed E-state index contributed by atoms with van der Waals surface area (Å²) in [6, 6.07) is 18.5. The van der Waals surface area contributed by atoms with Crippen LogP contribution in [0.25, 0.3) is 10.8 Å². The summed E-state index contributed by atoms with van der Waals surface area (Å²) < 4.78 is 12.5. The lowest BCUT2D eigenvalue weighted by molar-refractivity contribution is -0.113. The van der Waals surface area contributed by atoms with Crippen molar-refractivity contribution in [2.45, 2.75) is 25.0 Å². The van der Waals surface area contributed by atoms with Gasteiger partial charge in [-0.1, -0.05) is 55.9 Å². The van der Waals surface area contributed by atoms with E-state index in [1.54, 1.807) is 18.2 Å². The number of hydrogen-bond acceptors (Lipinski definition) is 7. The summed E-state index contributed by atoms with van der Waals surface area (Å²) in [6.45, 7) is 4.15. The van der Waals surface area contributed by atoms with Crippen LogP contribution in [0.1, 0.15) is 36.1 Å². The van der Waals surface area contributed by atoms with Crippen LogP contribution in [0, 0.1) is 5.92 Å². The van der Waals surface area contributed by atoms with Crippen molar-refractivity contribution in [3.8, 4) is 11.5 Å². The number of carbonyl (C=O) groups is 2. The summed E-state index contributed by atoms with van der Waals surface area (Å²) in [5, 5.41) is 17.4. The zero-order valence-electron chi connectivity index (χ0n) is 20.7. The Kier molecular flexibility index (Phi) is 7.00. The lowest BCUT2D eigenvalue weighted by Gasteiger charge is -2.21. The van der Waals surface area contributed by atoms with Crippen LogP contribution in [0.5, 0.6) is 11.5 Å². The maximum atomic E-state index is 13.0. The molecule has 0 fully saturated rings. The Morgan fingerprint density at radius 3 is 2.59 bits per heavy atom. The summed E-state index contributed by atoms with van der Waals surface area (Å²) in [7, 11) is 1.83. The van der Waals surface area contributed by atoms with Gasteiger partial charge < -0.3 is 24.7 Å². The number of aromatic nitrogens is 3. The van der Waals surface area contributed by atoms with Crippen molar-refractivity contribution in [3.05, 3.63) is 72.1 Å². The molecule has 1 aliphatic rings. The summed E-state index contributed by atoms with van der Waals surface area (Å²) in [4.78, 5) is 25.6. The van der Waals surface area contributed by atoms with E-state index in [0.29, 0.717) is 28.0 Å². The average molecular weight is 518 g/mol. The van der Waals surface area contributed by atoms with Crippen molar-refractivity contribution < 1.29 is 19.1 Å². The molecule has 0 bridgehead atoms. The SMILES string of the molecule is CC(C)C(NC(=O)c1ccc2c(c1)OCO2)c1nnc(SCC(=O)Nc2ccc3ccccc3c2)n1C. The van der Waals surface area contributed by atoms with E-state index in [1.807, 2.05) is 67.9 Å². The van der Waals surface area contributed by atoms with Gasteiger partial charge in [-0.25, -0.2) is 0 Å². The summed E-state index contributed by atoms with van der Waals surface area (Å²) in [5.41, 5.74) is 1.21. The van der Waals surface area contributed by atoms with Gasteiger partial charge in [-0.15, -0.1) is 10.2 Å². The fourth-order valence-electron chi connectivity index (χ4n) is 4.11. The molecule has 2 heterocycles. The van der Waals surface area contributed by atoms with Gasteiger partial charge in [0, 0.05) is 18.3 Å². The molecule has 1 atom stereocenters. The van der Waals surface area contributed by atoms with Gasteiger partial charge in [0.25, 0.3) is 5.91 Å². The number of ether oxygens (including phenoxy) is 2. The number of amides is 2. The van der Waals surface area contributed by atoms with Crippen molar-refractivity contribution in [2.75, 3.05) is 17.9 Å². The van der Waals surface area contributed by atoms with Gasteiger partial charge in [0.2, 0.25) is 12.7 Å². The first kappa shape index (κ1) is 24.6. The van der Waals surface area contributed by atoms with Crippen LogP contribution in [0.3, 0.4) is 0 Å². The molecule has 2 amide bonds. The molecule has 0 saturated heterocycles. The second-order valence-electron chi connectivity index (χ2n) is 9.06. The van der Waals surface area contributed by atoms with Crippen LogP contribution in [0.2, 0.25) is 0 Å². The zero-order chi connectivity index (χ0) is 25.9. The topological polar surface area (TPSA) is 107 Å². The zero-order valence-corrected chi connectivity index (χ0v) is 21.5. The normalized spacial score (nSPS) is 13.1. The molecule has 9 nitrogen and oxygen atoms in total. The van der Waals surface area contributed by atoms with Crippen molar-refractivity contribution in [2.24, 2.45) is 13.0 Å². The minimum Gasteiger partial charge on any atom is -0.454 e. The van der Waals surface area contributed by atoms with Crippen LogP contribution in [0.4, 0.5) is 5.69 Å². The molecule has 0 aliphatic carbocycles. The Bertz CT molecular complexity index is 1470. The largest absolute Gasteiger partial charge is 0.454 e.